The van der Waals surface area contributed by atoms with Crippen LogP contribution < -0.4 is 15.5 Å². The molecule has 0 saturated carbocycles. The van der Waals surface area contributed by atoms with Crippen molar-refractivity contribution in [2.75, 3.05) is 12.4 Å². The van der Waals surface area contributed by atoms with Crippen LogP contribution in [0.15, 0.2) is 82.9 Å². The molecule has 158 valence electrons. The number of benzene rings is 2. The summed E-state index contributed by atoms with van der Waals surface area (Å²) < 4.78 is 6.66. The molecule has 0 spiro atoms. The minimum atomic E-state index is 0.261. The van der Waals surface area contributed by atoms with Crippen molar-refractivity contribution < 1.29 is 4.74 Å². The van der Waals surface area contributed by atoms with Crippen LogP contribution in [-0.4, -0.2) is 34.1 Å². The molecule has 2 aromatic carbocycles. The Kier molecular flexibility index (Phi) is 7.45. The zero-order chi connectivity index (χ0) is 21.5. The van der Waals surface area contributed by atoms with Crippen LogP contribution in [0, 0.1) is 0 Å². The molecule has 2 N–H and O–H groups in total. The molecule has 2 aromatic rings. The SMILES string of the molecule is COc1ccc(/C=N\NC(=S)Nc2ccccc2)cc1CSC1=N[C@@H]2C=CC=C[C@H]2S1. The fourth-order valence-corrected chi connectivity index (χ4v) is 5.65. The summed E-state index contributed by atoms with van der Waals surface area (Å²) in [7, 11) is 1.69. The van der Waals surface area contributed by atoms with Crippen molar-refractivity contribution in [1.82, 2.24) is 5.43 Å². The number of anilines is 1. The maximum absolute atomic E-state index is 5.55. The second-order valence-corrected chi connectivity index (χ2v) is 9.59. The number of methoxy groups -OCH3 is 1. The van der Waals surface area contributed by atoms with E-state index in [1.165, 1.54) is 0 Å². The topological polar surface area (TPSA) is 58.0 Å². The molecule has 2 aliphatic rings. The Hall–Kier alpha value is -2.55. The van der Waals surface area contributed by atoms with E-state index in [1.54, 1.807) is 25.1 Å². The Bertz CT molecular complexity index is 1050. The van der Waals surface area contributed by atoms with Crippen LogP contribution in [0.1, 0.15) is 11.1 Å². The smallest absolute Gasteiger partial charge is 0.191 e. The number of hydrogen-bond acceptors (Lipinski definition) is 6. The molecule has 0 unspecified atom stereocenters. The highest BCUT2D eigenvalue weighted by Gasteiger charge is 2.27. The lowest BCUT2D eigenvalue weighted by Crippen LogP contribution is -2.23. The number of hydrogen-bond donors (Lipinski definition) is 2. The third kappa shape index (κ3) is 6.00. The van der Waals surface area contributed by atoms with Crippen LogP contribution in [0.25, 0.3) is 0 Å². The van der Waals surface area contributed by atoms with Gasteiger partial charge < -0.3 is 10.1 Å². The summed E-state index contributed by atoms with van der Waals surface area (Å²) >= 11 is 8.85. The van der Waals surface area contributed by atoms with E-state index in [0.717, 1.165) is 32.7 Å². The number of aliphatic imine (C=N–C) groups is 1. The number of ether oxygens (including phenoxy) is 1. The Morgan fingerprint density at radius 1 is 1.23 bits per heavy atom. The lowest BCUT2D eigenvalue weighted by molar-refractivity contribution is 0.411. The second kappa shape index (κ2) is 10.7. The predicted molar refractivity (Wildman–Crippen MR) is 139 cm³/mol. The van der Waals surface area contributed by atoms with Gasteiger partial charge in [0.2, 0.25) is 0 Å². The quantitative estimate of drug-likeness (QED) is 0.346. The number of nitrogens with one attached hydrogen (secondary N) is 2. The van der Waals surface area contributed by atoms with E-state index < -0.39 is 0 Å². The van der Waals surface area contributed by atoms with Crippen LogP contribution in [0.4, 0.5) is 5.69 Å². The first-order chi connectivity index (χ1) is 15.2. The maximum Gasteiger partial charge on any atom is 0.191 e. The molecule has 1 heterocycles. The van der Waals surface area contributed by atoms with Crippen molar-refractivity contribution in [3.63, 3.8) is 0 Å². The van der Waals surface area contributed by atoms with Gasteiger partial charge in [-0.3, -0.25) is 10.4 Å². The summed E-state index contributed by atoms with van der Waals surface area (Å²) in [5.74, 6) is 1.64. The van der Waals surface area contributed by atoms with Gasteiger partial charge in [-0.25, -0.2) is 0 Å². The fourth-order valence-electron chi connectivity index (χ4n) is 3.12. The minimum Gasteiger partial charge on any atom is -0.496 e. The van der Waals surface area contributed by atoms with Crippen molar-refractivity contribution in [3.8, 4) is 5.75 Å². The molecule has 31 heavy (non-hydrogen) atoms. The van der Waals surface area contributed by atoms with Crippen molar-refractivity contribution in [3.05, 3.63) is 84.0 Å². The molecule has 8 heteroatoms. The molecular formula is C23H22N4OS3. The van der Waals surface area contributed by atoms with Gasteiger partial charge >= 0.3 is 0 Å². The van der Waals surface area contributed by atoms with Gasteiger partial charge in [-0.2, -0.15) is 5.10 Å². The number of nitrogens with zero attached hydrogens (tertiary/aromatic N) is 2. The number of thiocarbonyl (C=S) groups is 1. The van der Waals surface area contributed by atoms with E-state index >= 15 is 0 Å². The Labute approximate surface area is 196 Å². The number of rotatable bonds is 6. The van der Waals surface area contributed by atoms with E-state index in [9.17, 15) is 0 Å². The number of hydrazone groups is 1. The van der Waals surface area contributed by atoms with Gasteiger partial charge in [0, 0.05) is 17.0 Å². The van der Waals surface area contributed by atoms with Crippen LogP contribution in [-0.2, 0) is 5.75 Å². The van der Waals surface area contributed by atoms with E-state index in [4.69, 9.17) is 21.9 Å². The number of fused-ring (bicyclic) bond motifs is 1. The fraction of sp³-hybridized carbons (Fsp3) is 0.174. The summed E-state index contributed by atoms with van der Waals surface area (Å²) in [6, 6.07) is 16.0. The van der Waals surface area contributed by atoms with Crippen molar-refractivity contribution in [2.45, 2.75) is 17.0 Å². The number of allylic oxidation sites excluding steroid dienone is 2. The summed E-state index contributed by atoms with van der Waals surface area (Å²) in [6.45, 7) is 0. The first-order valence-corrected chi connectivity index (χ1v) is 12.0. The number of thioether (sulfide) groups is 2. The van der Waals surface area contributed by atoms with Crippen molar-refractivity contribution in [2.24, 2.45) is 10.1 Å². The number of para-hydroxylation sites is 1. The Morgan fingerprint density at radius 2 is 2.06 bits per heavy atom. The molecule has 2 atom stereocenters. The zero-order valence-corrected chi connectivity index (χ0v) is 19.3. The second-order valence-electron chi connectivity index (χ2n) is 6.79. The molecule has 5 nitrogen and oxygen atoms in total. The minimum absolute atomic E-state index is 0.261. The summed E-state index contributed by atoms with van der Waals surface area (Å²) in [4.78, 5) is 4.81. The Morgan fingerprint density at radius 3 is 2.87 bits per heavy atom. The molecule has 1 aliphatic carbocycles. The standard InChI is InChI=1S/C23H22N4OS3/c1-28-20-12-11-16(14-24-27-22(29)25-18-7-3-2-4-8-18)13-17(20)15-30-23-26-19-9-5-6-10-21(19)31-23/h2-14,19,21H,15H2,1H3,(H2,25,27,29)/b24-14-/t19-,21-/m1/s1. The van der Waals surface area contributed by atoms with Gasteiger partial charge in [0.25, 0.3) is 0 Å². The molecule has 4 rings (SSSR count). The molecule has 0 radical (unpaired) electrons. The molecule has 0 bridgehead atoms. The van der Waals surface area contributed by atoms with Crippen molar-refractivity contribution in [1.29, 1.82) is 0 Å². The van der Waals surface area contributed by atoms with Gasteiger partial charge in [0.1, 0.15) is 10.1 Å². The van der Waals surface area contributed by atoms with Crippen LogP contribution in [0.2, 0.25) is 0 Å². The average molecular weight is 467 g/mol. The van der Waals surface area contributed by atoms with E-state index in [2.05, 4.69) is 46.2 Å². The van der Waals surface area contributed by atoms with Crippen LogP contribution >= 0.6 is 35.7 Å². The van der Waals surface area contributed by atoms with Gasteiger partial charge in [-0.15, -0.1) is 0 Å². The third-order valence-electron chi connectivity index (χ3n) is 4.62. The van der Waals surface area contributed by atoms with Gasteiger partial charge in [-0.1, -0.05) is 66.0 Å². The molecule has 0 aromatic heterocycles. The predicted octanol–water partition coefficient (Wildman–Crippen LogP) is 5.21. The summed E-state index contributed by atoms with van der Waals surface area (Å²) in [6.07, 6.45) is 10.3. The lowest BCUT2D eigenvalue weighted by Gasteiger charge is -2.11. The maximum atomic E-state index is 5.55. The Balaban J connectivity index is 1.34. The van der Waals surface area contributed by atoms with Gasteiger partial charge in [0.05, 0.1) is 24.6 Å². The lowest BCUT2D eigenvalue weighted by atomic mass is 10.1. The first kappa shape index (κ1) is 21.7. The molecule has 1 aliphatic heterocycles. The zero-order valence-electron chi connectivity index (χ0n) is 16.9. The molecule has 0 saturated heterocycles. The monoisotopic (exact) mass is 466 g/mol. The summed E-state index contributed by atoms with van der Waals surface area (Å²) in [5.41, 5.74) is 5.83. The molecular weight excluding hydrogens is 444 g/mol. The normalized spacial score (nSPS) is 19.2. The first-order valence-electron chi connectivity index (χ1n) is 9.75. The molecule has 0 amide bonds. The third-order valence-corrected chi connectivity index (χ3v) is 7.27. The van der Waals surface area contributed by atoms with Gasteiger partial charge in [-0.05, 0) is 48.1 Å². The highest BCUT2D eigenvalue weighted by molar-refractivity contribution is 8.39. The summed E-state index contributed by atoms with van der Waals surface area (Å²) in [5, 5.41) is 8.20. The van der Waals surface area contributed by atoms with Crippen molar-refractivity contribution >= 4 is 57.1 Å². The van der Waals surface area contributed by atoms with Gasteiger partial charge in [0.15, 0.2) is 5.11 Å². The molecule has 0 fully saturated rings. The highest BCUT2D eigenvalue weighted by Crippen LogP contribution is 2.37. The highest BCUT2D eigenvalue weighted by atomic mass is 32.2. The van der Waals surface area contributed by atoms with E-state index in [0.29, 0.717) is 10.4 Å². The average Bonchev–Trinajstić information content (AvgIpc) is 3.21. The van der Waals surface area contributed by atoms with E-state index in [-0.39, 0.29) is 6.04 Å². The van der Waals surface area contributed by atoms with Crippen LogP contribution in [0.5, 0.6) is 5.75 Å². The van der Waals surface area contributed by atoms with E-state index in [1.807, 2.05) is 54.2 Å². The largest absolute Gasteiger partial charge is 0.496 e. The van der Waals surface area contributed by atoms with Crippen LogP contribution in [0.3, 0.4) is 0 Å².